The van der Waals surface area contributed by atoms with Crippen LogP contribution in [-0.2, 0) is 0 Å². The summed E-state index contributed by atoms with van der Waals surface area (Å²) in [5.41, 5.74) is 9.02. The van der Waals surface area contributed by atoms with Gasteiger partial charge in [-0.15, -0.1) is 0 Å². The van der Waals surface area contributed by atoms with E-state index in [-0.39, 0.29) is 11.9 Å². The molecule has 1 aliphatic heterocycles. The lowest BCUT2D eigenvalue weighted by Crippen LogP contribution is -2.37. The van der Waals surface area contributed by atoms with Gasteiger partial charge in [0.05, 0.1) is 0 Å². The molecule has 0 radical (unpaired) electrons. The second-order valence-corrected chi connectivity index (χ2v) is 5.13. The molecule has 1 atom stereocenters. The molecule has 1 heterocycles. The lowest BCUT2D eigenvalue weighted by Gasteiger charge is -2.23. The fourth-order valence-corrected chi connectivity index (χ4v) is 2.45. The maximum atomic E-state index is 12.3. The van der Waals surface area contributed by atoms with Crippen molar-refractivity contribution in [2.24, 2.45) is 5.11 Å². The van der Waals surface area contributed by atoms with Crippen LogP contribution in [0.1, 0.15) is 23.2 Å². The van der Waals surface area contributed by atoms with Crippen LogP contribution in [0.25, 0.3) is 10.4 Å². The summed E-state index contributed by atoms with van der Waals surface area (Å²) in [5, 5.41) is 3.57. The van der Waals surface area contributed by atoms with Crippen LogP contribution in [0.15, 0.2) is 33.9 Å². The Morgan fingerprint density at radius 3 is 2.89 bits per heavy atom. The SMILES string of the molecule is [N-]=[N+]=NC[C@@H]1CCCN1C(=O)c1ccc(Br)cc1. The minimum absolute atomic E-state index is 0.0122. The molecule has 1 aromatic rings. The number of carbonyl (C=O) groups excluding carboxylic acids is 1. The molecule has 1 saturated heterocycles. The minimum atomic E-state index is 0.0122. The van der Waals surface area contributed by atoms with E-state index in [2.05, 4.69) is 26.0 Å². The Hall–Kier alpha value is -1.52. The highest BCUT2D eigenvalue weighted by molar-refractivity contribution is 9.10. The van der Waals surface area contributed by atoms with E-state index in [1.165, 1.54) is 0 Å². The molecule has 0 spiro atoms. The van der Waals surface area contributed by atoms with Crippen molar-refractivity contribution < 1.29 is 4.79 Å². The van der Waals surface area contributed by atoms with Gasteiger partial charge in [0.25, 0.3) is 5.91 Å². The fourth-order valence-electron chi connectivity index (χ4n) is 2.18. The summed E-state index contributed by atoms with van der Waals surface area (Å²) >= 11 is 3.34. The summed E-state index contributed by atoms with van der Waals surface area (Å²) < 4.78 is 0.950. The van der Waals surface area contributed by atoms with E-state index in [0.29, 0.717) is 12.1 Å². The van der Waals surface area contributed by atoms with Crippen LogP contribution in [0.3, 0.4) is 0 Å². The fraction of sp³-hybridized carbons (Fsp3) is 0.417. The van der Waals surface area contributed by atoms with Crippen molar-refractivity contribution in [3.8, 4) is 0 Å². The third kappa shape index (κ3) is 2.83. The van der Waals surface area contributed by atoms with Gasteiger partial charge in [0.1, 0.15) is 0 Å². The average Bonchev–Trinajstić information content (AvgIpc) is 2.84. The molecule has 0 unspecified atom stereocenters. The van der Waals surface area contributed by atoms with Crippen molar-refractivity contribution in [2.75, 3.05) is 13.1 Å². The second-order valence-electron chi connectivity index (χ2n) is 4.21. The van der Waals surface area contributed by atoms with E-state index in [0.717, 1.165) is 23.9 Å². The molecule has 1 aliphatic rings. The number of nitrogens with zero attached hydrogens (tertiary/aromatic N) is 4. The van der Waals surface area contributed by atoms with E-state index in [4.69, 9.17) is 5.53 Å². The van der Waals surface area contributed by atoms with Gasteiger partial charge < -0.3 is 4.90 Å². The third-order valence-electron chi connectivity index (χ3n) is 3.08. The number of halogens is 1. The van der Waals surface area contributed by atoms with Crippen molar-refractivity contribution in [2.45, 2.75) is 18.9 Å². The summed E-state index contributed by atoms with van der Waals surface area (Å²) in [6.45, 7) is 1.10. The Balaban J connectivity index is 2.12. The zero-order valence-electron chi connectivity index (χ0n) is 9.79. The Kier molecular flexibility index (Phi) is 4.23. The summed E-state index contributed by atoms with van der Waals surface area (Å²) in [5.74, 6) is 0.0122. The quantitative estimate of drug-likeness (QED) is 0.479. The van der Waals surface area contributed by atoms with Crippen LogP contribution in [0.5, 0.6) is 0 Å². The Labute approximate surface area is 114 Å². The van der Waals surface area contributed by atoms with Crippen molar-refractivity contribution >= 4 is 21.8 Å². The summed E-state index contributed by atoms with van der Waals surface area (Å²) in [4.78, 5) is 16.9. The molecule has 18 heavy (non-hydrogen) atoms. The predicted octanol–water partition coefficient (Wildman–Crippen LogP) is 3.36. The maximum Gasteiger partial charge on any atom is 0.254 e. The highest BCUT2D eigenvalue weighted by Gasteiger charge is 2.28. The lowest BCUT2D eigenvalue weighted by molar-refractivity contribution is 0.0741. The van der Waals surface area contributed by atoms with Crippen molar-refractivity contribution in [3.63, 3.8) is 0 Å². The number of azide groups is 1. The van der Waals surface area contributed by atoms with Gasteiger partial charge in [0.2, 0.25) is 0 Å². The van der Waals surface area contributed by atoms with Crippen molar-refractivity contribution in [1.29, 1.82) is 0 Å². The number of rotatable bonds is 3. The van der Waals surface area contributed by atoms with E-state index in [1.54, 1.807) is 17.0 Å². The zero-order chi connectivity index (χ0) is 13.0. The monoisotopic (exact) mass is 308 g/mol. The van der Waals surface area contributed by atoms with E-state index in [9.17, 15) is 4.79 Å². The first-order valence-corrected chi connectivity index (χ1v) is 6.59. The zero-order valence-corrected chi connectivity index (χ0v) is 11.4. The summed E-state index contributed by atoms with van der Waals surface area (Å²) in [6, 6.07) is 7.35. The van der Waals surface area contributed by atoms with Crippen LogP contribution in [0.4, 0.5) is 0 Å². The molecule has 1 amide bonds. The number of likely N-dealkylation sites (tertiary alicyclic amines) is 1. The second kappa shape index (κ2) is 5.89. The smallest absolute Gasteiger partial charge is 0.254 e. The standard InChI is InChI=1S/C12H13BrN4O/c13-10-5-3-9(4-6-10)12(18)17-7-1-2-11(17)8-15-16-14/h3-6,11H,1-2,7-8H2/t11-/m0/s1. The number of benzene rings is 1. The molecule has 5 nitrogen and oxygen atoms in total. The molecule has 94 valence electrons. The van der Waals surface area contributed by atoms with Gasteiger partial charge in [-0.3, -0.25) is 4.79 Å². The molecule has 0 N–H and O–H groups in total. The largest absolute Gasteiger partial charge is 0.336 e. The van der Waals surface area contributed by atoms with E-state index < -0.39 is 0 Å². The average molecular weight is 309 g/mol. The van der Waals surface area contributed by atoms with Crippen LogP contribution < -0.4 is 0 Å². The van der Waals surface area contributed by atoms with Gasteiger partial charge in [-0.1, -0.05) is 21.0 Å². The predicted molar refractivity (Wildman–Crippen MR) is 72.2 cm³/mol. The molecule has 0 aromatic heterocycles. The molecular formula is C12H13BrN4O. The molecule has 0 bridgehead atoms. The van der Waals surface area contributed by atoms with Crippen molar-refractivity contribution in [3.05, 3.63) is 44.7 Å². The first-order chi connectivity index (χ1) is 8.72. The molecule has 2 rings (SSSR count). The highest BCUT2D eigenvalue weighted by Crippen LogP contribution is 2.21. The van der Waals surface area contributed by atoms with E-state index in [1.807, 2.05) is 12.1 Å². The molecule has 1 fully saturated rings. The van der Waals surface area contributed by atoms with Crippen LogP contribution in [0, 0.1) is 0 Å². The minimum Gasteiger partial charge on any atom is -0.336 e. The summed E-state index contributed by atoms with van der Waals surface area (Å²) in [7, 11) is 0. The maximum absolute atomic E-state index is 12.3. The number of carbonyl (C=O) groups is 1. The van der Waals surface area contributed by atoms with Gasteiger partial charge in [-0.05, 0) is 42.6 Å². The molecular weight excluding hydrogens is 296 g/mol. The van der Waals surface area contributed by atoms with Gasteiger partial charge in [-0.2, -0.15) is 0 Å². The summed E-state index contributed by atoms with van der Waals surface area (Å²) in [6.07, 6.45) is 1.87. The normalized spacial score (nSPS) is 18.5. The first kappa shape index (κ1) is 12.9. The molecule has 1 aromatic carbocycles. The van der Waals surface area contributed by atoms with Crippen LogP contribution in [-0.4, -0.2) is 29.9 Å². The van der Waals surface area contributed by atoms with Gasteiger partial charge in [-0.25, -0.2) is 0 Å². The highest BCUT2D eigenvalue weighted by atomic mass is 79.9. The van der Waals surface area contributed by atoms with Crippen LogP contribution in [0.2, 0.25) is 0 Å². The Bertz CT molecular complexity index is 481. The van der Waals surface area contributed by atoms with Crippen LogP contribution >= 0.6 is 15.9 Å². The molecule has 0 saturated carbocycles. The topological polar surface area (TPSA) is 69.1 Å². The number of amides is 1. The third-order valence-corrected chi connectivity index (χ3v) is 3.61. The van der Waals surface area contributed by atoms with Gasteiger partial charge in [0, 0.05) is 34.1 Å². The first-order valence-electron chi connectivity index (χ1n) is 5.80. The lowest BCUT2D eigenvalue weighted by atomic mass is 10.1. The Morgan fingerprint density at radius 2 is 2.22 bits per heavy atom. The number of hydrogen-bond donors (Lipinski definition) is 0. The Morgan fingerprint density at radius 1 is 1.50 bits per heavy atom. The van der Waals surface area contributed by atoms with E-state index >= 15 is 0 Å². The van der Waals surface area contributed by atoms with Crippen molar-refractivity contribution in [1.82, 2.24) is 4.90 Å². The molecule has 0 aliphatic carbocycles. The number of hydrogen-bond acceptors (Lipinski definition) is 2. The van der Waals surface area contributed by atoms with Gasteiger partial charge in [0.15, 0.2) is 0 Å². The molecule has 6 heteroatoms. The van der Waals surface area contributed by atoms with Gasteiger partial charge >= 0.3 is 0 Å².